The topological polar surface area (TPSA) is 62.7 Å². The summed E-state index contributed by atoms with van der Waals surface area (Å²) in [6.07, 6.45) is 5.13. The van der Waals surface area contributed by atoms with E-state index in [0.717, 1.165) is 24.9 Å². The van der Waals surface area contributed by atoms with E-state index in [4.69, 9.17) is 4.74 Å². The van der Waals surface area contributed by atoms with Crippen molar-refractivity contribution in [1.82, 2.24) is 14.8 Å². The lowest BCUT2D eigenvalue weighted by Gasteiger charge is -2.38. The third-order valence-electron chi connectivity index (χ3n) is 4.11. The zero-order valence-electron chi connectivity index (χ0n) is 12.1. The maximum absolute atomic E-state index is 12.4. The summed E-state index contributed by atoms with van der Waals surface area (Å²) in [6, 6.07) is 3.72. The Morgan fingerprint density at radius 3 is 3.00 bits per heavy atom. The summed E-state index contributed by atoms with van der Waals surface area (Å²) < 4.78 is 5.51. The predicted octanol–water partition coefficient (Wildman–Crippen LogP) is 1.07. The van der Waals surface area contributed by atoms with Gasteiger partial charge in [0.2, 0.25) is 5.91 Å². The number of hydrogen-bond acceptors (Lipinski definition) is 4. The molecule has 3 heterocycles. The van der Waals surface area contributed by atoms with E-state index in [2.05, 4.69) is 4.98 Å². The highest BCUT2D eigenvalue weighted by Gasteiger charge is 2.47. The molecule has 2 amide bonds. The second-order valence-corrected chi connectivity index (χ2v) is 5.86. The Balaban J connectivity index is 1.66. The van der Waals surface area contributed by atoms with Crippen LogP contribution in [0.1, 0.15) is 18.4 Å². The third kappa shape index (κ3) is 2.84. The number of ether oxygens (including phenoxy) is 1. The molecule has 0 saturated carbocycles. The first kappa shape index (κ1) is 13.9. The monoisotopic (exact) mass is 289 g/mol. The minimum atomic E-state index is -0.519. The highest BCUT2D eigenvalue weighted by Crippen LogP contribution is 2.31. The van der Waals surface area contributed by atoms with E-state index in [1.165, 1.54) is 0 Å². The van der Waals surface area contributed by atoms with Crippen LogP contribution in [0.15, 0.2) is 24.5 Å². The van der Waals surface area contributed by atoms with Crippen LogP contribution in [0.4, 0.5) is 4.79 Å². The molecule has 2 aliphatic rings. The molecule has 1 aromatic rings. The minimum Gasteiger partial charge on any atom is -0.439 e. The van der Waals surface area contributed by atoms with Crippen LogP contribution in [0.5, 0.6) is 0 Å². The number of piperidine rings is 1. The molecule has 1 atom stereocenters. The van der Waals surface area contributed by atoms with Gasteiger partial charge in [0, 0.05) is 26.0 Å². The first-order valence-electron chi connectivity index (χ1n) is 7.19. The summed E-state index contributed by atoms with van der Waals surface area (Å²) in [7, 11) is 1.73. The van der Waals surface area contributed by atoms with Gasteiger partial charge in [0.25, 0.3) is 0 Å². The third-order valence-corrected chi connectivity index (χ3v) is 4.11. The Bertz CT molecular complexity index is 548. The van der Waals surface area contributed by atoms with E-state index in [1.54, 1.807) is 24.3 Å². The second kappa shape index (κ2) is 5.35. The van der Waals surface area contributed by atoms with Gasteiger partial charge in [-0.1, -0.05) is 6.07 Å². The zero-order valence-corrected chi connectivity index (χ0v) is 12.1. The van der Waals surface area contributed by atoms with E-state index in [-0.39, 0.29) is 12.0 Å². The highest BCUT2D eigenvalue weighted by atomic mass is 16.6. The number of likely N-dealkylation sites (N-methyl/N-ethyl adjacent to an activating group) is 1. The molecule has 2 aliphatic heterocycles. The van der Waals surface area contributed by atoms with Gasteiger partial charge in [-0.3, -0.25) is 9.78 Å². The Morgan fingerprint density at radius 2 is 2.33 bits per heavy atom. The summed E-state index contributed by atoms with van der Waals surface area (Å²) in [5.74, 6) is 0.0627. The summed E-state index contributed by atoms with van der Waals surface area (Å²) in [5.41, 5.74) is 0.386. The van der Waals surface area contributed by atoms with Crippen molar-refractivity contribution in [3.63, 3.8) is 0 Å². The Morgan fingerprint density at radius 1 is 1.48 bits per heavy atom. The van der Waals surface area contributed by atoms with Gasteiger partial charge in [-0.2, -0.15) is 0 Å². The van der Waals surface area contributed by atoms with Crippen LogP contribution in [0.2, 0.25) is 0 Å². The molecule has 0 unspecified atom stereocenters. The van der Waals surface area contributed by atoms with E-state index in [1.807, 2.05) is 17.0 Å². The van der Waals surface area contributed by atoms with Crippen LogP contribution in [0.25, 0.3) is 0 Å². The lowest BCUT2D eigenvalue weighted by Crippen LogP contribution is -2.52. The first-order valence-corrected chi connectivity index (χ1v) is 7.19. The molecule has 0 bridgehead atoms. The minimum absolute atomic E-state index is 0.0627. The molecule has 0 radical (unpaired) electrons. The van der Waals surface area contributed by atoms with Crippen molar-refractivity contribution in [2.75, 3.05) is 26.7 Å². The van der Waals surface area contributed by atoms with Gasteiger partial charge in [-0.05, 0) is 24.5 Å². The molecule has 2 saturated heterocycles. The number of aromatic nitrogens is 1. The number of pyridine rings is 1. The average Bonchev–Trinajstić information content (AvgIpc) is 2.74. The van der Waals surface area contributed by atoms with Crippen molar-refractivity contribution in [3.8, 4) is 0 Å². The first-order chi connectivity index (χ1) is 10.1. The maximum atomic E-state index is 12.4. The number of carbonyl (C=O) groups is 2. The number of amides is 2. The Hall–Kier alpha value is -2.11. The van der Waals surface area contributed by atoms with Crippen LogP contribution in [-0.2, 0) is 16.0 Å². The van der Waals surface area contributed by atoms with Gasteiger partial charge < -0.3 is 14.5 Å². The van der Waals surface area contributed by atoms with Crippen molar-refractivity contribution in [3.05, 3.63) is 30.1 Å². The zero-order chi connectivity index (χ0) is 14.9. The van der Waals surface area contributed by atoms with Gasteiger partial charge in [-0.25, -0.2) is 4.79 Å². The smallest absolute Gasteiger partial charge is 0.410 e. The average molecular weight is 289 g/mol. The summed E-state index contributed by atoms with van der Waals surface area (Å²) in [6.45, 7) is 1.77. The van der Waals surface area contributed by atoms with E-state index < -0.39 is 5.60 Å². The summed E-state index contributed by atoms with van der Waals surface area (Å²) in [4.78, 5) is 31.4. The van der Waals surface area contributed by atoms with E-state index in [0.29, 0.717) is 19.5 Å². The largest absolute Gasteiger partial charge is 0.439 e. The van der Waals surface area contributed by atoms with Gasteiger partial charge in [0.15, 0.2) is 0 Å². The Kier molecular flexibility index (Phi) is 3.53. The molecule has 1 aromatic heterocycles. The molecule has 6 nitrogen and oxygen atoms in total. The van der Waals surface area contributed by atoms with E-state index in [9.17, 15) is 9.59 Å². The van der Waals surface area contributed by atoms with Gasteiger partial charge >= 0.3 is 6.09 Å². The molecule has 6 heteroatoms. The predicted molar refractivity (Wildman–Crippen MR) is 75.6 cm³/mol. The number of carbonyl (C=O) groups excluding carboxylic acids is 2. The summed E-state index contributed by atoms with van der Waals surface area (Å²) >= 11 is 0. The fourth-order valence-corrected chi connectivity index (χ4v) is 3.10. The molecule has 21 heavy (non-hydrogen) atoms. The fraction of sp³-hybridized carbons (Fsp3) is 0.533. The van der Waals surface area contributed by atoms with Crippen LogP contribution >= 0.6 is 0 Å². The number of hydrogen-bond donors (Lipinski definition) is 0. The van der Waals surface area contributed by atoms with Crippen molar-refractivity contribution >= 4 is 12.0 Å². The molecule has 3 rings (SSSR count). The van der Waals surface area contributed by atoms with Crippen LogP contribution in [-0.4, -0.2) is 59.1 Å². The van der Waals surface area contributed by atoms with Gasteiger partial charge in [0.05, 0.1) is 19.5 Å². The normalized spacial score (nSPS) is 25.3. The number of rotatable bonds is 2. The Labute approximate surface area is 123 Å². The lowest BCUT2D eigenvalue weighted by atomic mass is 9.92. The maximum Gasteiger partial charge on any atom is 0.410 e. The number of likely N-dealkylation sites (tertiary alicyclic amines) is 1. The van der Waals surface area contributed by atoms with Crippen LogP contribution < -0.4 is 0 Å². The molecule has 2 fully saturated rings. The van der Waals surface area contributed by atoms with Crippen molar-refractivity contribution in [1.29, 1.82) is 0 Å². The summed E-state index contributed by atoms with van der Waals surface area (Å²) in [5, 5.41) is 0. The molecule has 1 spiro atoms. The van der Waals surface area contributed by atoms with Crippen LogP contribution in [0.3, 0.4) is 0 Å². The van der Waals surface area contributed by atoms with Gasteiger partial charge in [-0.15, -0.1) is 0 Å². The molecule has 0 aliphatic carbocycles. The molecular formula is C15H19N3O3. The molecule has 0 N–H and O–H groups in total. The SMILES string of the molecule is CN1C[C@@]2(CCCN(C(=O)Cc3cccnc3)C2)OC1=O. The van der Waals surface area contributed by atoms with Crippen LogP contribution in [0, 0.1) is 0 Å². The standard InChI is InChI=1S/C15H19N3O3/c1-17-10-15(21-14(17)20)5-3-7-18(11-15)13(19)8-12-4-2-6-16-9-12/h2,4,6,9H,3,5,7-8,10-11H2,1H3/t15-/m1/s1. The van der Waals surface area contributed by atoms with Crippen molar-refractivity contribution in [2.45, 2.75) is 24.9 Å². The second-order valence-electron chi connectivity index (χ2n) is 5.86. The van der Waals surface area contributed by atoms with Gasteiger partial charge in [0.1, 0.15) is 5.60 Å². The molecular weight excluding hydrogens is 270 g/mol. The number of nitrogens with zero attached hydrogens (tertiary/aromatic N) is 3. The highest BCUT2D eigenvalue weighted by molar-refractivity contribution is 5.79. The molecule has 0 aromatic carbocycles. The molecule has 112 valence electrons. The fourth-order valence-electron chi connectivity index (χ4n) is 3.10. The van der Waals surface area contributed by atoms with E-state index >= 15 is 0 Å². The van der Waals surface area contributed by atoms with Crippen molar-refractivity contribution < 1.29 is 14.3 Å². The lowest BCUT2D eigenvalue weighted by molar-refractivity contribution is -0.136. The quantitative estimate of drug-likeness (QED) is 0.817. The van der Waals surface area contributed by atoms with Crippen molar-refractivity contribution in [2.24, 2.45) is 0 Å².